The van der Waals surface area contributed by atoms with E-state index < -0.39 is 9.84 Å². The third kappa shape index (κ3) is 6.91. The summed E-state index contributed by atoms with van der Waals surface area (Å²) in [6.07, 6.45) is 2.15. The molecule has 5 nitrogen and oxygen atoms in total. The number of nitrogens with zero attached hydrogens (tertiary/aromatic N) is 1. The van der Waals surface area contributed by atoms with Crippen molar-refractivity contribution >= 4 is 27.1 Å². The van der Waals surface area contributed by atoms with E-state index >= 15 is 0 Å². The van der Waals surface area contributed by atoms with Crippen LogP contribution in [0.5, 0.6) is 0 Å². The van der Waals surface area contributed by atoms with E-state index in [1.165, 1.54) is 16.0 Å². The van der Waals surface area contributed by atoms with Crippen molar-refractivity contribution in [1.29, 1.82) is 0 Å². The summed E-state index contributed by atoms with van der Waals surface area (Å²) in [6.45, 7) is 4.54. The molecule has 0 spiro atoms. The Morgan fingerprint density at radius 2 is 2.15 bits per heavy atom. The van der Waals surface area contributed by atoms with Gasteiger partial charge in [0, 0.05) is 42.1 Å². The lowest BCUT2D eigenvalue weighted by Gasteiger charge is -2.17. The molecule has 1 aromatic rings. The molecule has 7 heteroatoms. The fourth-order valence-corrected chi connectivity index (χ4v) is 3.22. The number of aryl methyl sites for hydroxylation is 1. The van der Waals surface area contributed by atoms with E-state index in [-0.39, 0.29) is 11.8 Å². The highest BCUT2D eigenvalue weighted by atomic mass is 32.2. The minimum Gasteiger partial charge on any atom is -0.355 e. The Morgan fingerprint density at radius 1 is 1.45 bits per heavy atom. The summed E-state index contributed by atoms with van der Waals surface area (Å²) < 4.78 is 22.1. The van der Waals surface area contributed by atoms with Crippen molar-refractivity contribution in [2.75, 3.05) is 25.6 Å². The molecule has 0 aliphatic heterocycles. The van der Waals surface area contributed by atoms with Gasteiger partial charge in [-0.25, -0.2) is 8.42 Å². The van der Waals surface area contributed by atoms with Crippen LogP contribution in [0.1, 0.15) is 16.7 Å². The van der Waals surface area contributed by atoms with Crippen LogP contribution in [0.3, 0.4) is 0 Å². The van der Waals surface area contributed by atoms with Gasteiger partial charge < -0.3 is 10.6 Å². The highest BCUT2D eigenvalue weighted by Crippen LogP contribution is 2.16. The lowest BCUT2D eigenvalue weighted by atomic mass is 10.2. The number of aliphatic imine (C=N–C) groups is 1. The first-order valence-electron chi connectivity index (χ1n) is 6.50. The highest BCUT2D eigenvalue weighted by Gasteiger charge is 2.08. The average molecular weight is 317 g/mol. The third-order valence-electron chi connectivity index (χ3n) is 2.68. The number of rotatable bonds is 6. The SMILES string of the molecule is CN=C(NCCS(C)(=O)=O)NC(C)Cc1ccc(C)s1. The summed E-state index contributed by atoms with van der Waals surface area (Å²) in [5.41, 5.74) is 0. The molecule has 0 bridgehead atoms. The Balaban J connectivity index is 2.40. The van der Waals surface area contributed by atoms with Crippen molar-refractivity contribution in [3.63, 3.8) is 0 Å². The second-order valence-corrected chi connectivity index (χ2v) is 8.52. The molecule has 2 N–H and O–H groups in total. The van der Waals surface area contributed by atoms with Crippen LogP contribution in [0.15, 0.2) is 17.1 Å². The van der Waals surface area contributed by atoms with E-state index in [2.05, 4.69) is 41.6 Å². The minimum atomic E-state index is -2.95. The molecule has 0 aliphatic carbocycles. The number of guanidine groups is 1. The van der Waals surface area contributed by atoms with Crippen molar-refractivity contribution in [2.24, 2.45) is 4.99 Å². The molecule has 0 aromatic carbocycles. The standard InChI is InChI=1S/C13H23N3O2S2/c1-10(9-12-6-5-11(2)19-12)16-13(14-3)15-7-8-20(4,17)18/h5-6,10H,7-9H2,1-4H3,(H2,14,15,16). The summed E-state index contributed by atoms with van der Waals surface area (Å²) in [5, 5.41) is 6.27. The molecule has 0 saturated heterocycles. The highest BCUT2D eigenvalue weighted by molar-refractivity contribution is 7.90. The lowest BCUT2D eigenvalue weighted by molar-refractivity contribution is 0.599. The van der Waals surface area contributed by atoms with E-state index in [0.29, 0.717) is 12.5 Å². The van der Waals surface area contributed by atoms with Gasteiger partial charge in [-0.2, -0.15) is 0 Å². The Bertz CT molecular complexity index is 550. The molecule has 1 atom stereocenters. The van der Waals surface area contributed by atoms with Gasteiger partial charge in [-0.05, 0) is 26.0 Å². The zero-order chi connectivity index (χ0) is 15.2. The first-order valence-corrected chi connectivity index (χ1v) is 9.38. The predicted molar refractivity (Wildman–Crippen MR) is 86.4 cm³/mol. The average Bonchev–Trinajstić information content (AvgIpc) is 2.71. The number of hydrogen-bond acceptors (Lipinski definition) is 4. The van der Waals surface area contributed by atoms with E-state index in [1.807, 2.05) is 0 Å². The second-order valence-electron chi connectivity index (χ2n) is 4.89. The van der Waals surface area contributed by atoms with Crippen molar-refractivity contribution in [3.05, 3.63) is 21.9 Å². The maximum atomic E-state index is 11.1. The Morgan fingerprint density at radius 3 is 2.65 bits per heavy atom. The maximum Gasteiger partial charge on any atom is 0.191 e. The van der Waals surface area contributed by atoms with Crippen LogP contribution in [0, 0.1) is 6.92 Å². The third-order valence-corrected chi connectivity index (χ3v) is 4.64. The zero-order valence-electron chi connectivity index (χ0n) is 12.4. The Labute approximate surface area is 125 Å². The molecule has 0 aliphatic rings. The van der Waals surface area contributed by atoms with Crippen molar-refractivity contribution < 1.29 is 8.42 Å². The van der Waals surface area contributed by atoms with Gasteiger partial charge in [0.1, 0.15) is 9.84 Å². The van der Waals surface area contributed by atoms with Crippen molar-refractivity contribution in [3.8, 4) is 0 Å². The fraction of sp³-hybridized carbons (Fsp3) is 0.615. The van der Waals surface area contributed by atoms with Crippen molar-refractivity contribution in [1.82, 2.24) is 10.6 Å². The molecular formula is C13H23N3O2S2. The number of sulfone groups is 1. The lowest BCUT2D eigenvalue weighted by Crippen LogP contribution is -2.44. The predicted octanol–water partition coefficient (Wildman–Crippen LogP) is 1.20. The van der Waals surface area contributed by atoms with Gasteiger partial charge in [-0.15, -0.1) is 11.3 Å². The van der Waals surface area contributed by atoms with Gasteiger partial charge in [0.15, 0.2) is 5.96 Å². The summed E-state index contributed by atoms with van der Waals surface area (Å²) >= 11 is 1.79. The normalized spacial score (nSPS) is 14.1. The number of thiophene rings is 1. The molecular weight excluding hydrogens is 294 g/mol. The van der Waals surface area contributed by atoms with Crippen LogP contribution < -0.4 is 10.6 Å². The zero-order valence-corrected chi connectivity index (χ0v) is 14.1. The molecule has 0 saturated carbocycles. The molecule has 1 unspecified atom stereocenters. The number of nitrogens with one attached hydrogen (secondary N) is 2. The van der Waals surface area contributed by atoms with E-state index in [9.17, 15) is 8.42 Å². The first kappa shape index (κ1) is 17.0. The van der Waals surface area contributed by atoms with Crippen LogP contribution in [0.4, 0.5) is 0 Å². The van der Waals surface area contributed by atoms with E-state index in [1.54, 1.807) is 18.4 Å². The van der Waals surface area contributed by atoms with Crippen LogP contribution in [0.25, 0.3) is 0 Å². The fourth-order valence-electron chi connectivity index (χ4n) is 1.73. The molecule has 1 rings (SSSR count). The smallest absolute Gasteiger partial charge is 0.191 e. The topological polar surface area (TPSA) is 70.6 Å². The molecule has 0 fully saturated rings. The van der Waals surface area contributed by atoms with Gasteiger partial charge in [-0.1, -0.05) is 0 Å². The summed E-state index contributed by atoms with van der Waals surface area (Å²) in [5.74, 6) is 0.737. The van der Waals surface area contributed by atoms with Gasteiger partial charge in [0.2, 0.25) is 0 Å². The maximum absolute atomic E-state index is 11.1. The van der Waals surface area contributed by atoms with Gasteiger partial charge >= 0.3 is 0 Å². The Hall–Kier alpha value is -1.08. The molecule has 0 amide bonds. The minimum absolute atomic E-state index is 0.103. The molecule has 1 heterocycles. The largest absolute Gasteiger partial charge is 0.355 e. The summed E-state index contributed by atoms with van der Waals surface area (Å²) in [4.78, 5) is 6.73. The van der Waals surface area contributed by atoms with Crippen LogP contribution in [0.2, 0.25) is 0 Å². The molecule has 20 heavy (non-hydrogen) atoms. The quantitative estimate of drug-likeness (QED) is 0.611. The number of hydrogen-bond donors (Lipinski definition) is 2. The molecule has 1 aromatic heterocycles. The van der Waals surface area contributed by atoms with Crippen molar-refractivity contribution in [2.45, 2.75) is 26.3 Å². The van der Waals surface area contributed by atoms with Gasteiger partial charge in [-0.3, -0.25) is 4.99 Å². The second kappa shape index (κ2) is 7.64. The summed E-state index contributed by atoms with van der Waals surface area (Å²) in [6, 6.07) is 4.49. The van der Waals surface area contributed by atoms with Crippen LogP contribution in [-0.2, 0) is 16.3 Å². The Kier molecular flexibility index (Phi) is 6.48. The first-order chi connectivity index (χ1) is 9.30. The van der Waals surface area contributed by atoms with Crippen LogP contribution >= 0.6 is 11.3 Å². The van der Waals surface area contributed by atoms with Crippen LogP contribution in [-0.4, -0.2) is 46.0 Å². The van der Waals surface area contributed by atoms with Gasteiger partial charge in [0.05, 0.1) is 5.75 Å². The van der Waals surface area contributed by atoms with E-state index in [4.69, 9.17) is 0 Å². The monoisotopic (exact) mass is 317 g/mol. The molecule has 0 radical (unpaired) electrons. The van der Waals surface area contributed by atoms with Gasteiger partial charge in [0.25, 0.3) is 0 Å². The summed E-state index contributed by atoms with van der Waals surface area (Å²) in [7, 11) is -1.27. The molecule has 114 valence electrons. The van der Waals surface area contributed by atoms with E-state index in [0.717, 1.165) is 6.42 Å².